The monoisotopic (exact) mass is 289 g/mol. The predicted octanol–water partition coefficient (Wildman–Crippen LogP) is 2.52. The fourth-order valence-electron chi connectivity index (χ4n) is 2.48. The van der Waals surface area contributed by atoms with E-state index in [1.165, 1.54) is 0 Å². The number of carbonyl (C=O) groups is 1. The Morgan fingerprint density at radius 2 is 1.95 bits per heavy atom. The molecule has 0 unspecified atom stereocenters. The van der Waals surface area contributed by atoms with Gasteiger partial charge in [-0.2, -0.15) is 0 Å². The highest BCUT2D eigenvalue weighted by Crippen LogP contribution is 2.18. The van der Waals surface area contributed by atoms with E-state index in [2.05, 4.69) is 5.32 Å². The predicted molar refractivity (Wildman–Crippen MR) is 83.1 cm³/mol. The Kier molecular flexibility index (Phi) is 5.81. The van der Waals surface area contributed by atoms with Crippen molar-refractivity contribution in [3.05, 3.63) is 35.9 Å². The molecular formula is C17H23NO3. The molecule has 1 fully saturated rings. The Hall–Kier alpha value is -1.81. The number of ether oxygens (including phenoxy) is 1. The number of carbonyl (C=O) groups excluding carboxylic acids is 1. The molecule has 1 aliphatic carbocycles. The summed E-state index contributed by atoms with van der Waals surface area (Å²) in [5.41, 5.74) is 0.965. The smallest absolute Gasteiger partial charge is 0.244 e. The summed E-state index contributed by atoms with van der Waals surface area (Å²) in [6.45, 7) is 2.59. The lowest BCUT2D eigenvalue weighted by atomic mass is 9.93. The van der Waals surface area contributed by atoms with Gasteiger partial charge in [0.2, 0.25) is 5.91 Å². The van der Waals surface area contributed by atoms with Gasteiger partial charge in [-0.25, -0.2) is 0 Å². The minimum atomic E-state index is -0.197. The first kappa shape index (κ1) is 15.6. The van der Waals surface area contributed by atoms with Gasteiger partial charge in [0.05, 0.1) is 12.7 Å². The van der Waals surface area contributed by atoms with Gasteiger partial charge in [-0.1, -0.05) is 12.1 Å². The van der Waals surface area contributed by atoms with Gasteiger partial charge in [0, 0.05) is 12.1 Å². The van der Waals surface area contributed by atoms with Gasteiger partial charge in [-0.3, -0.25) is 4.79 Å². The quantitative estimate of drug-likeness (QED) is 0.819. The van der Waals surface area contributed by atoms with Crippen molar-refractivity contribution in [2.45, 2.75) is 44.8 Å². The van der Waals surface area contributed by atoms with E-state index in [9.17, 15) is 9.90 Å². The van der Waals surface area contributed by atoms with Crippen LogP contribution in [0.3, 0.4) is 0 Å². The molecule has 21 heavy (non-hydrogen) atoms. The van der Waals surface area contributed by atoms with Crippen LogP contribution >= 0.6 is 0 Å². The second-order valence-electron chi connectivity index (χ2n) is 5.35. The number of hydrogen-bond acceptors (Lipinski definition) is 3. The fourth-order valence-corrected chi connectivity index (χ4v) is 2.48. The zero-order chi connectivity index (χ0) is 15.1. The molecule has 0 bridgehead atoms. The third-order valence-corrected chi connectivity index (χ3v) is 3.66. The Bertz CT molecular complexity index is 473. The first-order valence-corrected chi connectivity index (χ1v) is 7.57. The van der Waals surface area contributed by atoms with E-state index >= 15 is 0 Å². The van der Waals surface area contributed by atoms with Crippen LogP contribution in [0.15, 0.2) is 30.3 Å². The second kappa shape index (κ2) is 7.84. The molecule has 0 saturated heterocycles. The minimum Gasteiger partial charge on any atom is -0.494 e. The maximum atomic E-state index is 11.9. The highest BCUT2D eigenvalue weighted by molar-refractivity contribution is 5.91. The molecule has 1 aromatic rings. The molecule has 1 saturated carbocycles. The number of aliphatic hydroxyl groups excluding tert-OH is 1. The maximum absolute atomic E-state index is 11.9. The number of hydrogen-bond donors (Lipinski definition) is 2. The normalized spacial score (nSPS) is 22.2. The molecule has 2 rings (SSSR count). The maximum Gasteiger partial charge on any atom is 0.244 e. The van der Waals surface area contributed by atoms with Crippen LogP contribution in [0, 0.1) is 0 Å². The van der Waals surface area contributed by atoms with E-state index in [0.29, 0.717) is 6.61 Å². The van der Waals surface area contributed by atoms with E-state index in [4.69, 9.17) is 4.74 Å². The molecule has 0 aliphatic heterocycles. The Morgan fingerprint density at radius 3 is 2.57 bits per heavy atom. The van der Waals surface area contributed by atoms with Crippen molar-refractivity contribution in [2.24, 2.45) is 0 Å². The summed E-state index contributed by atoms with van der Waals surface area (Å²) < 4.78 is 5.37. The lowest BCUT2D eigenvalue weighted by molar-refractivity contribution is -0.117. The molecular weight excluding hydrogens is 266 g/mol. The molecule has 0 radical (unpaired) electrons. The Balaban J connectivity index is 1.81. The molecule has 0 aromatic heterocycles. The van der Waals surface area contributed by atoms with Crippen LogP contribution in [-0.4, -0.2) is 29.8 Å². The number of rotatable bonds is 5. The number of aliphatic hydroxyl groups is 1. The van der Waals surface area contributed by atoms with Crippen LogP contribution in [0.2, 0.25) is 0 Å². The zero-order valence-electron chi connectivity index (χ0n) is 12.4. The van der Waals surface area contributed by atoms with Crippen molar-refractivity contribution in [2.75, 3.05) is 6.61 Å². The van der Waals surface area contributed by atoms with Crippen molar-refractivity contribution in [3.63, 3.8) is 0 Å². The highest BCUT2D eigenvalue weighted by Gasteiger charge is 2.19. The second-order valence-corrected chi connectivity index (χ2v) is 5.35. The van der Waals surface area contributed by atoms with Gasteiger partial charge in [0.15, 0.2) is 0 Å². The van der Waals surface area contributed by atoms with Gasteiger partial charge in [0.1, 0.15) is 5.75 Å². The average molecular weight is 289 g/mol. The molecule has 0 heterocycles. The van der Waals surface area contributed by atoms with Crippen LogP contribution in [-0.2, 0) is 4.79 Å². The summed E-state index contributed by atoms with van der Waals surface area (Å²) in [7, 11) is 0. The van der Waals surface area contributed by atoms with Crippen molar-refractivity contribution in [1.29, 1.82) is 0 Å². The van der Waals surface area contributed by atoms with Gasteiger partial charge >= 0.3 is 0 Å². The fraction of sp³-hybridized carbons (Fsp3) is 0.471. The van der Waals surface area contributed by atoms with E-state index < -0.39 is 0 Å². The molecule has 114 valence electrons. The zero-order valence-corrected chi connectivity index (χ0v) is 12.4. The van der Waals surface area contributed by atoms with Crippen LogP contribution in [0.1, 0.15) is 38.2 Å². The summed E-state index contributed by atoms with van der Waals surface area (Å²) in [4.78, 5) is 11.9. The van der Waals surface area contributed by atoms with Crippen molar-refractivity contribution in [1.82, 2.24) is 5.32 Å². The topological polar surface area (TPSA) is 58.6 Å². The molecule has 4 nitrogen and oxygen atoms in total. The van der Waals surface area contributed by atoms with E-state index in [1.807, 2.05) is 31.2 Å². The Labute approximate surface area is 125 Å². The van der Waals surface area contributed by atoms with Crippen LogP contribution in [0.5, 0.6) is 5.75 Å². The molecule has 1 aromatic carbocycles. The first-order chi connectivity index (χ1) is 10.2. The summed E-state index contributed by atoms with van der Waals surface area (Å²) >= 11 is 0. The molecule has 0 spiro atoms. The lowest BCUT2D eigenvalue weighted by Crippen LogP contribution is -2.37. The molecule has 1 amide bonds. The lowest BCUT2D eigenvalue weighted by Gasteiger charge is -2.25. The average Bonchev–Trinajstić information content (AvgIpc) is 2.49. The highest BCUT2D eigenvalue weighted by atomic mass is 16.5. The largest absolute Gasteiger partial charge is 0.494 e. The third kappa shape index (κ3) is 5.23. The Morgan fingerprint density at radius 1 is 1.29 bits per heavy atom. The van der Waals surface area contributed by atoms with Crippen molar-refractivity contribution >= 4 is 12.0 Å². The summed E-state index contributed by atoms with van der Waals surface area (Å²) in [6, 6.07) is 7.82. The molecule has 0 atom stereocenters. The van der Waals surface area contributed by atoms with Crippen LogP contribution < -0.4 is 10.1 Å². The van der Waals surface area contributed by atoms with Crippen LogP contribution in [0.25, 0.3) is 6.08 Å². The van der Waals surface area contributed by atoms with E-state index in [1.54, 1.807) is 12.2 Å². The summed E-state index contributed by atoms with van der Waals surface area (Å²) in [5.74, 6) is 0.755. The van der Waals surface area contributed by atoms with E-state index in [-0.39, 0.29) is 18.1 Å². The van der Waals surface area contributed by atoms with Crippen LogP contribution in [0.4, 0.5) is 0 Å². The third-order valence-electron chi connectivity index (χ3n) is 3.66. The van der Waals surface area contributed by atoms with E-state index in [0.717, 1.165) is 37.0 Å². The summed E-state index contributed by atoms with van der Waals surface area (Å²) in [6.07, 6.45) is 6.40. The SMILES string of the molecule is CCOc1ccc(C=CC(=O)NC2CCC(O)CC2)cc1. The van der Waals surface area contributed by atoms with Crippen molar-refractivity contribution < 1.29 is 14.6 Å². The number of amides is 1. The van der Waals surface area contributed by atoms with Gasteiger partial charge in [0.25, 0.3) is 0 Å². The first-order valence-electron chi connectivity index (χ1n) is 7.57. The van der Waals surface area contributed by atoms with Gasteiger partial charge < -0.3 is 15.2 Å². The number of benzene rings is 1. The van der Waals surface area contributed by atoms with Gasteiger partial charge in [-0.05, 0) is 56.4 Å². The molecule has 1 aliphatic rings. The molecule has 2 N–H and O–H groups in total. The van der Waals surface area contributed by atoms with Crippen molar-refractivity contribution in [3.8, 4) is 5.75 Å². The van der Waals surface area contributed by atoms with Gasteiger partial charge in [-0.15, -0.1) is 0 Å². The standard InChI is InChI=1S/C17H23NO3/c1-2-21-16-10-3-13(4-11-16)5-12-17(20)18-14-6-8-15(19)9-7-14/h3-5,10-12,14-15,19H,2,6-9H2,1H3,(H,18,20). The summed E-state index contributed by atoms with van der Waals surface area (Å²) in [5, 5.41) is 12.4. The number of nitrogens with one attached hydrogen (secondary N) is 1. The minimum absolute atomic E-state index is 0.0784. The molecule has 4 heteroatoms.